The van der Waals surface area contributed by atoms with Gasteiger partial charge in [-0.05, 0) is 42.2 Å². The lowest BCUT2D eigenvalue weighted by Crippen LogP contribution is -2.48. The van der Waals surface area contributed by atoms with E-state index >= 15 is 0 Å². The van der Waals surface area contributed by atoms with Gasteiger partial charge in [0.05, 0.1) is 26.0 Å². The minimum atomic E-state index is -4.52. The third-order valence-electron chi connectivity index (χ3n) is 7.38. The number of likely N-dealkylation sites (tertiary alicyclic amines) is 1. The molecule has 0 radical (unpaired) electrons. The molecule has 1 saturated heterocycles. The van der Waals surface area contributed by atoms with Crippen molar-refractivity contribution in [2.75, 3.05) is 32.6 Å². The number of methoxy groups -OCH3 is 2. The third-order valence-corrected chi connectivity index (χ3v) is 7.38. The van der Waals surface area contributed by atoms with Crippen LogP contribution in [0.15, 0.2) is 48.5 Å². The van der Waals surface area contributed by atoms with Crippen LogP contribution in [0.25, 0.3) is 11.3 Å². The second kappa shape index (κ2) is 10.4. The van der Waals surface area contributed by atoms with E-state index in [1.807, 2.05) is 0 Å². The van der Waals surface area contributed by atoms with E-state index in [-0.39, 0.29) is 24.2 Å². The van der Waals surface area contributed by atoms with Gasteiger partial charge in [-0.25, -0.2) is 4.68 Å². The maximum absolute atomic E-state index is 14.2. The summed E-state index contributed by atoms with van der Waals surface area (Å²) in [5.41, 5.74) is 8.11. The standard InChI is InChI=1S/C28H32F3N5O3/c1-16-9-20(32)15-35(14-16)27(37)19-6-4-5-17(10-19)22-13-26-33-21(12-25(28(29,30)31)36(26)34-22)18-7-8-23(38-2)24(11-18)39-3/h4-8,10-11,13,16,20-21,25,33H,9,12,14-15,32H2,1-3H3/t16-,20+,21?,25?/m0/s1. The van der Waals surface area contributed by atoms with Gasteiger partial charge in [0.2, 0.25) is 0 Å². The average molecular weight is 544 g/mol. The van der Waals surface area contributed by atoms with Crippen molar-refractivity contribution in [3.63, 3.8) is 0 Å². The molecule has 11 heteroatoms. The van der Waals surface area contributed by atoms with E-state index in [1.165, 1.54) is 14.2 Å². The Balaban J connectivity index is 1.46. The van der Waals surface area contributed by atoms with Crippen molar-refractivity contribution >= 4 is 11.7 Å². The first-order chi connectivity index (χ1) is 18.6. The van der Waals surface area contributed by atoms with Crippen molar-refractivity contribution in [2.24, 2.45) is 11.7 Å². The van der Waals surface area contributed by atoms with Crippen molar-refractivity contribution in [3.8, 4) is 22.8 Å². The molecule has 0 bridgehead atoms. The quantitative estimate of drug-likeness (QED) is 0.469. The van der Waals surface area contributed by atoms with Crippen LogP contribution in [0.4, 0.5) is 19.0 Å². The third kappa shape index (κ3) is 5.40. The van der Waals surface area contributed by atoms with Gasteiger partial charge in [0.25, 0.3) is 5.91 Å². The van der Waals surface area contributed by atoms with Crippen molar-refractivity contribution in [1.82, 2.24) is 14.7 Å². The highest BCUT2D eigenvalue weighted by atomic mass is 19.4. The van der Waals surface area contributed by atoms with E-state index in [0.29, 0.717) is 52.9 Å². The largest absolute Gasteiger partial charge is 0.493 e. The van der Waals surface area contributed by atoms with E-state index in [2.05, 4.69) is 17.3 Å². The van der Waals surface area contributed by atoms with E-state index in [9.17, 15) is 18.0 Å². The number of carbonyl (C=O) groups is 1. The number of anilines is 1. The van der Waals surface area contributed by atoms with Crippen LogP contribution >= 0.6 is 0 Å². The van der Waals surface area contributed by atoms with Gasteiger partial charge in [-0.3, -0.25) is 4.79 Å². The van der Waals surface area contributed by atoms with Crippen LogP contribution in [0.3, 0.4) is 0 Å². The van der Waals surface area contributed by atoms with Gasteiger partial charge in [0.1, 0.15) is 5.82 Å². The Morgan fingerprint density at radius 1 is 1.05 bits per heavy atom. The maximum Gasteiger partial charge on any atom is 0.410 e. The van der Waals surface area contributed by atoms with Crippen LogP contribution in [-0.4, -0.2) is 60.1 Å². The molecule has 3 heterocycles. The van der Waals surface area contributed by atoms with E-state index in [1.54, 1.807) is 53.4 Å². The van der Waals surface area contributed by atoms with E-state index in [0.717, 1.165) is 11.1 Å². The van der Waals surface area contributed by atoms with Crippen LogP contribution in [0.5, 0.6) is 11.5 Å². The SMILES string of the molecule is COc1ccc(C2CC(C(F)(F)F)n3nc(-c4cccc(C(=O)N5C[C@@H](C)C[C@@H](N)C5)c4)cc3N2)cc1OC. The average Bonchev–Trinajstić information content (AvgIpc) is 3.35. The number of carbonyl (C=O) groups excluding carboxylic acids is 1. The minimum absolute atomic E-state index is 0.0789. The van der Waals surface area contributed by atoms with Gasteiger partial charge in [0.15, 0.2) is 17.5 Å². The zero-order valence-corrected chi connectivity index (χ0v) is 22.0. The van der Waals surface area contributed by atoms with Crippen LogP contribution in [0.2, 0.25) is 0 Å². The molecule has 8 nitrogen and oxygen atoms in total. The van der Waals surface area contributed by atoms with Crippen LogP contribution in [-0.2, 0) is 0 Å². The molecule has 0 saturated carbocycles. The summed E-state index contributed by atoms with van der Waals surface area (Å²) in [6, 6.07) is 11.0. The summed E-state index contributed by atoms with van der Waals surface area (Å²) in [5, 5.41) is 7.55. The van der Waals surface area contributed by atoms with Crippen molar-refractivity contribution in [3.05, 3.63) is 59.7 Å². The molecule has 0 aliphatic carbocycles. The van der Waals surface area contributed by atoms with Crippen LogP contribution in [0, 0.1) is 5.92 Å². The van der Waals surface area contributed by atoms with Gasteiger partial charge in [-0.2, -0.15) is 18.3 Å². The number of nitrogens with one attached hydrogen (secondary N) is 1. The molecule has 2 aliphatic rings. The molecule has 3 N–H and O–H groups in total. The molecule has 0 spiro atoms. The summed E-state index contributed by atoms with van der Waals surface area (Å²) < 4.78 is 54.3. The van der Waals surface area contributed by atoms with Crippen molar-refractivity contribution in [2.45, 2.75) is 44.1 Å². The van der Waals surface area contributed by atoms with Crippen molar-refractivity contribution < 1.29 is 27.4 Å². The predicted octanol–water partition coefficient (Wildman–Crippen LogP) is 5.04. The van der Waals surface area contributed by atoms with Crippen LogP contribution < -0.4 is 20.5 Å². The molecule has 1 amide bonds. The first-order valence-corrected chi connectivity index (χ1v) is 12.9. The number of rotatable bonds is 5. The lowest BCUT2D eigenvalue weighted by Gasteiger charge is -2.34. The Morgan fingerprint density at radius 3 is 2.51 bits per heavy atom. The number of hydrogen-bond donors (Lipinski definition) is 2. The summed E-state index contributed by atoms with van der Waals surface area (Å²) in [7, 11) is 2.98. The zero-order chi connectivity index (χ0) is 27.9. The number of ether oxygens (including phenoxy) is 2. The van der Waals surface area contributed by atoms with Crippen molar-refractivity contribution in [1.29, 1.82) is 0 Å². The van der Waals surface area contributed by atoms with Gasteiger partial charge in [-0.15, -0.1) is 0 Å². The molecule has 1 fully saturated rings. The highest BCUT2D eigenvalue weighted by molar-refractivity contribution is 5.95. The van der Waals surface area contributed by atoms with Gasteiger partial charge < -0.3 is 25.4 Å². The number of aromatic nitrogens is 2. The number of nitrogens with zero attached hydrogens (tertiary/aromatic N) is 3. The summed E-state index contributed by atoms with van der Waals surface area (Å²) in [6.45, 7) is 3.15. The monoisotopic (exact) mass is 543 g/mol. The number of nitrogens with two attached hydrogens (primary N) is 1. The molecular formula is C28H32F3N5O3. The molecule has 2 aromatic carbocycles. The normalized spacial score (nSPS) is 23.1. The fraction of sp³-hybridized carbons (Fsp3) is 0.429. The smallest absolute Gasteiger partial charge is 0.410 e. The highest BCUT2D eigenvalue weighted by Crippen LogP contribution is 2.45. The van der Waals surface area contributed by atoms with Gasteiger partial charge in [-0.1, -0.05) is 25.1 Å². The molecule has 4 atom stereocenters. The molecule has 3 aromatic rings. The Bertz CT molecular complexity index is 1350. The number of fused-ring (bicyclic) bond motifs is 1. The first-order valence-electron chi connectivity index (χ1n) is 12.9. The summed E-state index contributed by atoms with van der Waals surface area (Å²) >= 11 is 0. The maximum atomic E-state index is 14.2. The summed E-state index contributed by atoms with van der Waals surface area (Å²) in [4.78, 5) is 15.0. The highest BCUT2D eigenvalue weighted by Gasteiger charge is 2.46. The van der Waals surface area contributed by atoms with Gasteiger partial charge in [0, 0.05) is 42.7 Å². The lowest BCUT2D eigenvalue weighted by molar-refractivity contribution is -0.173. The van der Waals surface area contributed by atoms with Gasteiger partial charge >= 0.3 is 6.18 Å². The van der Waals surface area contributed by atoms with E-state index < -0.39 is 18.3 Å². The second-order valence-corrected chi connectivity index (χ2v) is 10.4. The molecular weight excluding hydrogens is 511 g/mol. The Hall–Kier alpha value is -3.73. The molecule has 1 aromatic heterocycles. The van der Waals surface area contributed by atoms with E-state index in [4.69, 9.17) is 15.2 Å². The fourth-order valence-electron chi connectivity index (χ4n) is 5.56. The number of alkyl halides is 3. The zero-order valence-electron chi connectivity index (χ0n) is 22.0. The first kappa shape index (κ1) is 26.9. The summed E-state index contributed by atoms with van der Waals surface area (Å²) in [5.74, 6) is 1.32. The number of hydrogen-bond acceptors (Lipinski definition) is 6. The number of amides is 1. The molecule has 5 rings (SSSR count). The Kier molecular flexibility index (Phi) is 7.19. The second-order valence-electron chi connectivity index (χ2n) is 10.4. The number of benzene rings is 2. The predicted molar refractivity (Wildman–Crippen MR) is 141 cm³/mol. The summed E-state index contributed by atoms with van der Waals surface area (Å²) in [6.07, 6.45) is -3.91. The number of halogens is 3. The Labute approximate surface area is 224 Å². The Morgan fingerprint density at radius 2 is 1.82 bits per heavy atom. The van der Waals surface area contributed by atoms with Crippen LogP contribution in [0.1, 0.15) is 47.8 Å². The molecule has 208 valence electrons. The molecule has 2 unspecified atom stereocenters. The molecule has 2 aliphatic heterocycles. The number of piperidine rings is 1. The molecule has 39 heavy (non-hydrogen) atoms. The topological polar surface area (TPSA) is 94.6 Å². The fourth-order valence-corrected chi connectivity index (χ4v) is 5.56. The lowest BCUT2D eigenvalue weighted by atomic mass is 9.95. The minimum Gasteiger partial charge on any atom is -0.493 e.